The molecule has 0 spiro atoms. The molecule has 42 heavy (non-hydrogen) atoms. The average molecular weight is 586 g/mol. The highest BCUT2D eigenvalue weighted by Crippen LogP contribution is 2.28. The maximum Gasteiger partial charge on any atom is 0.264 e. The van der Waals surface area contributed by atoms with Crippen LogP contribution in [0.1, 0.15) is 23.6 Å². The van der Waals surface area contributed by atoms with Crippen LogP contribution in [-0.4, -0.2) is 44.8 Å². The van der Waals surface area contributed by atoms with Gasteiger partial charge in [0.25, 0.3) is 10.0 Å². The van der Waals surface area contributed by atoms with Crippen molar-refractivity contribution >= 4 is 27.5 Å². The molecule has 0 saturated carbocycles. The first-order chi connectivity index (χ1) is 20.1. The Morgan fingerprint density at radius 3 is 2.07 bits per heavy atom. The molecule has 0 saturated heterocycles. The zero-order valence-electron chi connectivity index (χ0n) is 24.2. The fourth-order valence-electron chi connectivity index (χ4n) is 4.47. The number of sulfonamides is 1. The minimum atomic E-state index is -4.16. The molecule has 4 rings (SSSR count). The largest absolute Gasteiger partial charge is 0.457 e. The molecule has 8 nitrogen and oxygen atoms in total. The lowest BCUT2D eigenvalue weighted by Gasteiger charge is -2.32. The molecule has 9 heteroatoms. The number of hydrogen-bond acceptors (Lipinski definition) is 5. The third kappa shape index (κ3) is 7.36. The van der Waals surface area contributed by atoms with Gasteiger partial charge in [0.15, 0.2) is 0 Å². The van der Waals surface area contributed by atoms with E-state index in [0.717, 1.165) is 21.0 Å². The van der Waals surface area contributed by atoms with Crippen LogP contribution in [0.4, 0.5) is 5.69 Å². The van der Waals surface area contributed by atoms with Crippen molar-refractivity contribution in [2.75, 3.05) is 17.9 Å². The highest BCUT2D eigenvalue weighted by molar-refractivity contribution is 7.92. The Morgan fingerprint density at radius 1 is 0.810 bits per heavy atom. The van der Waals surface area contributed by atoms with E-state index >= 15 is 0 Å². The van der Waals surface area contributed by atoms with Crippen molar-refractivity contribution in [3.8, 4) is 11.5 Å². The topological polar surface area (TPSA) is 96.0 Å². The third-order valence-electron chi connectivity index (χ3n) is 6.84. The predicted molar refractivity (Wildman–Crippen MR) is 164 cm³/mol. The first-order valence-electron chi connectivity index (χ1n) is 13.6. The van der Waals surface area contributed by atoms with Crippen LogP contribution in [0.3, 0.4) is 0 Å². The Kier molecular flexibility index (Phi) is 9.64. The van der Waals surface area contributed by atoms with E-state index in [4.69, 9.17) is 4.74 Å². The molecule has 1 N–H and O–H groups in total. The van der Waals surface area contributed by atoms with Crippen LogP contribution >= 0.6 is 0 Å². The van der Waals surface area contributed by atoms with Crippen LogP contribution in [0.2, 0.25) is 0 Å². The van der Waals surface area contributed by atoms with E-state index in [9.17, 15) is 18.0 Å². The van der Waals surface area contributed by atoms with Crippen molar-refractivity contribution in [1.29, 1.82) is 0 Å². The maximum absolute atomic E-state index is 14.0. The van der Waals surface area contributed by atoms with Gasteiger partial charge in [0.2, 0.25) is 11.8 Å². The first-order valence-corrected chi connectivity index (χ1v) is 15.0. The van der Waals surface area contributed by atoms with E-state index in [2.05, 4.69) is 5.32 Å². The summed E-state index contributed by atoms with van der Waals surface area (Å²) in [6.07, 6.45) is 0. The van der Waals surface area contributed by atoms with Gasteiger partial charge in [0, 0.05) is 13.6 Å². The number of benzene rings is 4. The van der Waals surface area contributed by atoms with Crippen molar-refractivity contribution < 1.29 is 22.7 Å². The number of carbonyl (C=O) groups excluding carboxylic acids is 2. The lowest BCUT2D eigenvalue weighted by molar-refractivity contribution is -0.139. The van der Waals surface area contributed by atoms with Crippen molar-refractivity contribution in [2.45, 2.75) is 38.3 Å². The van der Waals surface area contributed by atoms with Gasteiger partial charge in [0.05, 0.1) is 10.6 Å². The summed E-state index contributed by atoms with van der Waals surface area (Å²) in [6, 6.07) is 29.0. The molecular weight excluding hydrogens is 550 g/mol. The molecule has 0 bridgehead atoms. The van der Waals surface area contributed by atoms with Crippen LogP contribution in [-0.2, 0) is 26.2 Å². The van der Waals surface area contributed by atoms with Crippen molar-refractivity contribution in [3.05, 3.63) is 120 Å². The Bertz CT molecular complexity index is 1620. The zero-order chi connectivity index (χ0) is 30.3. The average Bonchev–Trinajstić information content (AvgIpc) is 2.99. The van der Waals surface area contributed by atoms with Gasteiger partial charge in [-0.15, -0.1) is 0 Å². The molecule has 0 aromatic heterocycles. The van der Waals surface area contributed by atoms with Gasteiger partial charge >= 0.3 is 0 Å². The summed E-state index contributed by atoms with van der Waals surface area (Å²) in [5, 5.41) is 2.59. The van der Waals surface area contributed by atoms with E-state index in [1.54, 1.807) is 43.3 Å². The number of ether oxygens (including phenoxy) is 1. The van der Waals surface area contributed by atoms with E-state index in [1.807, 2.05) is 68.4 Å². The molecule has 4 aromatic rings. The highest BCUT2D eigenvalue weighted by Gasteiger charge is 2.32. The number of amides is 2. The number of nitrogens with zero attached hydrogens (tertiary/aromatic N) is 2. The summed E-state index contributed by atoms with van der Waals surface area (Å²) in [7, 11) is -2.66. The normalized spacial score (nSPS) is 11.8. The van der Waals surface area contributed by atoms with E-state index in [1.165, 1.54) is 24.1 Å². The minimum Gasteiger partial charge on any atom is -0.457 e. The number of rotatable bonds is 11. The predicted octanol–water partition coefficient (Wildman–Crippen LogP) is 5.45. The second kappa shape index (κ2) is 13.4. The van der Waals surface area contributed by atoms with Gasteiger partial charge in [-0.25, -0.2) is 8.42 Å². The molecule has 2 amide bonds. The summed E-state index contributed by atoms with van der Waals surface area (Å²) < 4.78 is 34.9. The lowest BCUT2D eigenvalue weighted by atomic mass is 10.1. The van der Waals surface area contributed by atoms with Crippen LogP contribution in [0, 0.1) is 13.8 Å². The van der Waals surface area contributed by atoms with E-state index in [-0.39, 0.29) is 23.0 Å². The minimum absolute atomic E-state index is 0.0510. The molecule has 1 atom stereocenters. The quantitative estimate of drug-likeness (QED) is 0.252. The fourth-order valence-corrected chi connectivity index (χ4v) is 5.88. The summed E-state index contributed by atoms with van der Waals surface area (Å²) >= 11 is 0. The van der Waals surface area contributed by atoms with Gasteiger partial charge in [-0.05, 0) is 74.9 Å². The smallest absolute Gasteiger partial charge is 0.264 e. The second-order valence-corrected chi connectivity index (χ2v) is 11.9. The Hall–Kier alpha value is -4.63. The first kappa shape index (κ1) is 30.3. The van der Waals surface area contributed by atoms with Crippen molar-refractivity contribution in [2.24, 2.45) is 0 Å². The Morgan fingerprint density at radius 2 is 1.45 bits per heavy atom. The monoisotopic (exact) mass is 585 g/mol. The van der Waals surface area contributed by atoms with Crippen molar-refractivity contribution in [1.82, 2.24) is 10.2 Å². The highest BCUT2D eigenvalue weighted by atomic mass is 32.2. The Balaban J connectivity index is 1.70. The summed E-state index contributed by atoms with van der Waals surface area (Å²) in [5.41, 5.74) is 3.03. The molecule has 0 radical (unpaired) electrons. The lowest BCUT2D eigenvalue weighted by Crippen LogP contribution is -2.50. The van der Waals surface area contributed by atoms with Crippen LogP contribution in [0.5, 0.6) is 11.5 Å². The standard InChI is InChI=1S/C33H35N3O5S/c1-24-13-19-31(20-14-24)42(39,40)36(28-15-17-30(18-16-28)41-29-11-6-5-7-12-29)23-32(37)35(26(3)33(38)34-4)22-27-10-8-9-25(2)21-27/h5-21,26H,22-23H2,1-4H3,(H,34,38)/t26-/m1/s1. The van der Waals surface area contributed by atoms with Crippen molar-refractivity contribution in [3.63, 3.8) is 0 Å². The van der Waals surface area contributed by atoms with E-state index < -0.39 is 28.5 Å². The summed E-state index contributed by atoms with van der Waals surface area (Å²) in [4.78, 5) is 28.0. The summed E-state index contributed by atoms with van der Waals surface area (Å²) in [6.45, 7) is 5.06. The number of likely N-dealkylation sites (N-methyl/N-ethyl adjacent to an activating group) is 1. The van der Waals surface area contributed by atoms with Crippen LogP contribution in [0.15, 0.2) is 108 Å². The van der Waals surface area contributed by atoms with Gasteiger partial charge in [-0.3, -0.25) is 13.9 Å². The molecule has 0 aliphatic carbocycles. The van der Waals surface area contributed by atoms with Crippen LogP contribution in [0.25, 0.3) is 0 Å². The van der Waals surface area contributed by atoms with Gasteiger partial charge < -0.3 is 15.0 Å². The maximum atomic E-state index is 14.0. The third-order valence-corrected chi connectivity index (χ3v) is 8.63. The number of nitrogens with one attached hydrogen (secondary N) is 1. The number of anilines is 1. The number of para-hydroxylation sites is 1. The van der Waals surface area contributed by atoms with Gasteiger partial charge in [-0.2, -0.15) is 0 Å². The molecule has 4 aromatic carbocycles. The summed E-state index contributed by atoms with van der Waals surface area (Å²) in [5.74, 6) is 0.275. The SMILES string of the molecule is CNC(=O)[C@@H](C)N(Cc1cccc(C)c1)C(=O)CN(c1ccc(Oc2ccccc2)cc1)S(=O)(=O)c1ccc(C)cc1. The Labute approximate surface area is 247 Å². The number of carbonyl (C=O) groups is 2. The molecule has 0 heterocycles. The van der Waals surface area contributed by atoms with Gasteiger partial charge in [0.1, 0.15) is 24.1 Å². The molecule has 0 fully saturated rings. The molecule has 0 unspecified atom stereocenters. The second-order valence-electron chi connectivity index (χ2n) is 10.0. The van der Waals surface area contributed by atoms with Crippen LogP contribution < -0.4 is 14.4 Å². The number of aryl methyl sites for hydroxylation is 2. The zero-order valence-corrected chi connectivity index (χ0v) is 25.0. The van der Waals surface area contributed by atoms with E-state index in [0.29, 0.717) is 11.5 Å². The number of hydrogen-bond donors (Lipinski definition) is 1. The fraction of sp³-hybridized carbons (Fsp3) is 0.212. The van der Waals surface area contributed by atoms with Gasteiger partial charge in [-0.1, -0.05) is 65.7 Å². The molecule has 0 aliphatic heterocycles. The molecule has 0 aliphatic rings. The molecule has 218 valence electrons. The molecular formula is C33H35N3O5S.